The molecule has 0 saturated heterocycles. The predicted octanol–water partition coefficient (Wildman–Crippen LogP) is 1.83. The number of oxazole rings is 1. The van der Waals surface area contributed by atoms with Crippen LogP contribution in [0.3, 0.4) is 0 Å². The van der Waals surface area contributed by atoms with E-state index in [1.807, 2.05) is 6.92 Å². The Morgan fingerprint density at radius 2 is 2.36 bits per heavy atom. The Hall–Kier alpha value is -0.610. The maximum absolute atomic E-state index is 5.20. The van der Waals surface area contributed by atoms with Gasteiger partial charge in [-0.3, -0.25) is 0 Å². The van der Waals surface area contributed by atoms with Crippen molar-refractivity contribution < 1.29 is 9.15 Å². The molecule has 0 fully saturated rings. The Morgan fingerprint density at radius 1 is 1.64 bits per heavy atom. The van der Waals surface area contributed by atoms with E-state index in [2.05, 4.69) is 4.98 Å². The molecule has 1 rings (SSSR count). The van der Waals surface area contributed by atoms with Crippen molar-refractivity contribution in [1.29, 1.82) is 0 Å². The number of H-pyrrole nitrogens is 1. The van der Waals surface area contributed by atoms with Gasteiger partial charge < -0.3 is 14.1 Å². The van der Waals surface area contributed by atoms with Crippen molar-refractivity contribution in [2.75, 3.05) is 13.7 Å². The molecular weight excluding hydrogens is 162 g/mol. The van der Waals surface area contributed by atoms with Crippen molar-refractivity contribution in [1.82, 2.24) is 4.98 Å². The van der Waals surface area contributed by atoms with Crippen molar-refractivity contribution >= 4 is 12.2 Å². The highest BCUT2D eigenvalue weighted by Crippen LogP contribution is 2.07. The molecule has 0 atom stereocenters. The number of ether oxygens (including phenoxy) is 1. The number of rotatable bonds is 3. The first-order valence-electron chi connectivity index (χ1n) is 3.41. The van der Waals surface area contributed by atoms with Crippen LogP contribution in [0, 0.1) is 11.8 Å². The van der Waals surface area contributed by atoms with Gasteiger partial charge in [-0.05, 0) is 19.1 Å². The summed E-state index contributed by atoms with van der Waals surface area (Å²) < 4.78 is 10.1. The molecule has 62 valence electrons. The summed E-state index contributed by atoms with van der Waals surface area (Å²) in [6.07, 6.45) is 0.773. The molecule has 0 radical (unpaired) electrons. The number of aryl methyl sites for hydroxylation is 1. The molecular formula is C7H11NO2S. The fourth-order valence-corrected chi connectivity index (χ4v) is 1.12. The molecule has 0 aromatic carbocycles. The lowest BCUT2D eigenvalue weighted by atomic mass is 10.3. The minimum absolute atomic E-state index is 0.439. The minimum Gasteiger partial charge on any atom is -0.434 e. The molecule has 0 aliphatic heterocycles. The third-order valence-corrected chi connectivity index (χ3v) is 1.64. The standard InChI is InChI=1S/C7H11NO2S/c1-5-6(3-4-9-2)10-7(11)8-5/h3-4H2,1-2H3,(H,8,11). The van der Waals surface area contributed by atoms with E-state index >= 15 is 0 Å². The Kier molecular flexibility index (Phi) is 2.84. The van der Waals surface area contributed by atoms with Gasteiger partial charge in [-0.15, -0.1) is 0 Å². The van der Waals surface area contributed by atoms with E-state index in [9.17, 15) is 0 Å². The summed E-state index contributed by atoms with van der Waals surface area (Å²) in [7, 11) is 1.66. The molecule has 3 nitrogen and oxygen atoms in total. The molecule has 0 saturated carbocycles. The van der Waals surface area contributed by atoms with Crippen LogP contribution < -0.4 is 0 Å². The van der Waals surface area contributed by atoms with E-state index in [1.165, 1.54) is 0 Å². The number of aromatic amines is 1. The van der Waals surface area contributed by atoms with E-state index in [1.54, 1.807) is 7.11 Å². The zero-order valence-electron chi connectivity index (χ0n) is 6.64. The van der Waals surface area contributed by atoms with E-state index in [0.717, 1.165) is 17.9 Å². The number of hydrogen-bond donors (Lipinski definition) is 1. The summed E-state index contributed by atoms with van der Waals surface area (Å²) in [4.78, 5) is 3.35. The zero-order chi connectivity index (χ0) is 8.27. The van der Waals surface area contributed by atoms with Crippen LogP contribution in [-0.2, 0) is 11.2 Å². The third-order valence-electron chi connectivity index (χ3n) is 1.46. The lowest BCUT2D eigenvalue weighted by molar-refractivity contribution is 0.196. The Labute approximate surface area is 70.4 Å². The van der Waals surface area contributed by atoms with Crippen LogP contribution in [-0.4, -0.2) is 18.7 Å². The SMILES string of the molecule is COCCc1oc(=S)[nH]c1C. The summed E-state index contributed by atoms with van der Waals surface area (Å²) >= 11 is 4.81. The van der Waals surface area contributed by atoms with E-state index in [4.69, 9.17) is 21.4 Å². The third kappa shape index (κ3) is 2.17. The van der Waals surface area contributed by atoms with Gasteiger partial charge in [-0.25, -0.2) is 0 Å². The van der Waals surface area contributed by atoms with Crippen molar-refractivity contribution in [3.63, 3.8) is 0 Å². The number of hydrogen-bond acceptors (Lipinski definition) is 3. The van der Waals surface area contributed by atoms with Gasteiger partial charge in [0.05, 0.1) is 12.3 Å². The molecule has 1 aromatic heterocycles. The first kappa shape index (κ1) is 8.49. The average molecular weight is 173 g/mol. The van der Waals surface area contributed by atoms with Gasteiger partial charge in [-0.2, -0.15) is 0 Å². The molecule has 0 aliphatic rings. The topological polar surface area (TPSA) is 38.2 Å². The summed E-state index contributed by atoms with van der Waals surface area (Å²) in [5.41, 5.74) is 0.993. The second-order valence-electron chi connectivity index (χ2n) is 2.31. The van der Waals surface area contributed by atoms with Crippen molar-refractivity contribution in [3.8, 4) is 0 Å². The van der Waals surface area contributed by atoms with Crippen LogP contribution >= 0.6 is 12.2 Å². The van der Waals surface area contributed by atoms with Crippen LogP contribution in [0.25, 0.3) is 0 Å². The predicted molar refractivity (Wildman–Crippen MR) is 44.2 cm³/mol. The number of aromatic nitrogens is 1. The molecule has 11 heavy (non-hydrogen) atoms. The maximum atomic E-state index is 5.20. The fourth-order valence-electron chi connectivity index (χ4n) is 0.870. The maximum Gasteiger partial charge on any atom is 0.266 e. The highest BCUT2D eigenvalue weighted by molar-refractivity contribution is 7.71. The van der Waals surface area contributed by atoms with Gasteiger partial charge in [0.15, 0.2) is 0 Å². The van der Waals surface area contributed by atoms with Crippen molar-refractivity contribution in [2.45, 2.75) is 13.3 Å². The van der Waals surface area contributed by atoms with E-state index in [-0.39, 0.29) is 0 Å². The molecule has 1 aromatic rings. The van der Waals surface area contributed by atoms with E-state index < -0.39 is 0 Å². The fraction of sp³-hybridized carbons (Fsp3) is 0.571. The second-order valence-corrected chi connectivity index (χ2v) is 2.68. The summed E-state index contributed by atoms with van der Waals surface area (Å²) in [6, 6.07) is 0. The Morgan fingerprint density at radius 3 is 2.82 bits per heavy atom. The lowest BCUT2D eigenvalue weighted by Crippen LogP contribution is -1.94. The first-order valence-corrected chi connectivity index (χ1v) is 3.82. The monoisotopic (exact) mass is 173 g/mol. The highest BCUT2D eigenvalue weighted by Gasteiger charge is 2.01. The number of methoxy groups -OCH3 is 1. The molecule has 4 heteroatoms. The van der Waals surface area contributed by atoms with Gasteiger partial charge >= 0.3 is 0 Å². The first-order chi connectivity index (χ1) is 5.24. The molecule has 0 spiro atoms. The van der Waals surface area contributed by atoms with Gasteiger partial charge in [0, 0.05) is 13.5 Å². The Bertz CT molecular complexity index is 276. The van der Waals surface area contributed by atoms with Crippen LogP contribution in [0.15, 0.2) is 4.42 Å². The van der Waals surface area contributed by atoms with Crippen LogP contribution in [0.5, 0.6) is 0 Å². The van der Waals surface area contributed by atoms with Crippen LogP contribution in [0.1, 0.15) is 11.5 Å². The van der Waals surface area contributed by atoms with Crippen LogP contribution in [0.4, 0.5) is 0 Å². The quantitative estimate of drug-likeness (QED) is 0.709. The average Bonchev–Trinajstić information content (AvgIpc) is 2.26. The van der Waals surface area contributed by atoms with Gasteiger partial charge in [0.25, 0.3) is 4.84 Å². The molecule has 1 heterocycles. The highest BCUT2D eigenvalue weighted by atomic mass is 32.1. The Balaban J connectivity index is 2.69. The van der Waals surface area contributed by atoms with Gasteiger partial charge in [-0.1, -0.05) is 0 Å². The van der Waals surface area contributed by atoms with Crippen molar-refractivity contribution in [3.05, 3.63) is 16.3 Å². The minimum atomic E-state index is 0.439. The largest absolute Gasteiger partial charge is 0.434 e. The zero-order valence-corrected chi connectivity index (χ0v) is 7.46. The second kappa shape index (κ2) is 3.69. The van der Waals surface area contributed by atoms with E-state index in [0.29, 0.717) is 11.4 Å². The summed E-state index contributed by atoms with van der Waals surface area (Å²) in [5.74, 6) is 0.886. The van der Waals surface area contributed by atoms with Crippen molar-refractivity contribution in [2.24, 2.45) is 0 Å². The molecule has 0 bridgehead atoms. The summed E-state index contributed by atoms with van der Waals surface area (Å²) in [5, 5.41) is 0. The summed E-state index contributed by atoms with van der Waals surface area (Å²) in [6.45, 7) is 2.60. The van der Waals surface area contributed by atoms with Gasteiger partial charge in [0.2, 0.25) is 0 Å². The van der Waals surface area contributed by atoms with Gasteiger partial charge in [0.1, 0.15) is 5.76 Å². The van der Waals surface area contributed by atoms with Crippen LogP contribution in [0.2, 0.25) is 0 Å². The molecule has 0 aliphatic carbocycles. The number of nitrogens with one attached hydrogen (secondary N) is 1. The molecule has 1 N–H and O–H groups in total. The lowest BCUT2D eigenvalue weighted by Gasteiger charge is -1.94. The smallest absolute Gasteiger partial charge is 0.266 e. The molecule has 0 amide bonds. The molecule has 0 unspecified atom stereocenters. The normalized spacial score (nSPS) is 10.4.